The monoisotopic (exact) mass is 320 g/mol. The maximum absolute atomic E-state index is 12.3. The fourth-order valence-corrected chi connectivity index (χ4v) is 4.19. The van der Waals surface area contributed by atoms with Crippen molar-refractivity contribution in [1.29, 1.82) is 0 Å². The molecule has 23 heavy (non-hydrogen) atoms. The lowest BCUT2D eigenvalue weighted by atomic mass is 9.58. The second kappa shape index (κ2) is 6.80. The zero-order chi connectivity index (χ0) is 17.4. The number of carbonyl (C=O) groups is 1. The van der Waals surface area contributed by atoms with Crippen LogP contribution in [0.3, 0.4) is 0 Å². The van der Waals surface area contributed by atoms with Crippen LogP contribution in [0, 0.1) is 29.1 Å². The number of esters is 1. The number of ether oxygens (including phenoxy) is 1. The van der Waals surface area contributed by atoms with Gasteiger partial charge in [0, 0.05) is 12.3 Å². The summed E-state index contributed by atoms with van der Waals surface area (Å²) in [6.07, 6.45) is 7.14. The van der Waals surface area contributed by atoms with Gasteiger partial charge in [-0.05, 0) is 29.2 Å². The highest BCUT2D eigenvalue weighted by Crippen LogP contribution is 2.49. The zero-order valence-electron chi connectivity index (χ0n) is 15.4. The lowest BCUT2D eigenvalue weighted by Crippen LogP contribution is -2.48. The Hall–Kier alpha value is -1.09. The molecule has 2 aliphatic carbocycles. The minimum atomic E-state index is -0.431. The highest BCUT2D eigenvalue weighted by atomic mass is 16.5. The van der Waals surface area contributed by atoms with Crippen molar-refractivity contribution in [2.45, 2.75) is 66.6 Å². The van der Waals surface area contributed by atoms with Gasteiger partial charge < -0.3 is 9.84 Å². The Morgan fingerprint density at radius 1 is 1.43 bits per heavy atom. The Morgan fingerprint density at radius 2 is 2.09 bits per heavy atom. The van der Waals surface area contributed by atoms with E-state index >= 15 is 0 Å². The van der Waals surface area contributed by atoms with Gasteiger partial charge in [0.25, 0.3) is 0 Å². The summed E-state index contributed by atoms with van der Waals surface area (Å²) in [6, 6.07) is 0. The molecule has 2 aliphatic rings. The van der Waals surface area contributed by atoms with Crippen LogP contribution in [0.1, 0.15) is 54.4 Å². The summed E-state index contributed by atoms with van der Waals surface area (Å²) in [5.74, 6) is 0.440. The molecule has 1 N–H and O–H groups in total. The average Bonchev–Trinajstić information content (AvgIpc) is 2.46. The summed E-state index contributed by atoms with van der Waals surface area (Å²) in [5, 5.41) is 10.4. The SMILES string of the molecule is CCC(C)C(=O)OC1CC=CC2=CC(O)C(C)C(C(C)(C)C)C21. The van der Waals surface area contributed by atoms with E-state index in [0.29, 0.717) is 0 Å². The molecule has 0 saturated carbocycles. The number of aliphatic hydroxyl groups excluding tert-OH is 1. The highest BCUT2D eigenvalue weighted by Gasteiger charge is 2.47. The van der Waals surface area contributed by atoms with Crippen molar-refractivity contribution < 1.29 is 14.6 Å². The molecule has 0 aromatic rings. The van der Waals surface area contributed by atoms with Crippen molar-refractivity contribution in [3.8, 4) is 0 Å². The van der Waals surface area contributed by atoms with Gasteiger partial charge in [0.2, 0.25) is 0 Å². The first-order valence-electron chi connectivity index (χ1n) is 8.93. The number of rotatable bonds is 3. The van der Waals surface area contributed by atoms with Crippen molar-refractivity contribution in [1.82, 2.24) is 0 Å². The Morgan fingerprint density at radius 3 is 2.65 bits per heavy atom. The molecule has 0 heterocycles. The van der Waals surface area contributed by atoms with Crippen LogP contribution < -0.4 is 0 Å². The molecule has 6 unspecified atom stereocenters. The molecule has 0 aliphatic heterocycles. The van der Waals surface area contributed by atoms with E-state index in [0.717, 1.165) is 18.4 Å². The lowest BCUT2D eigenvalue weighted by molar-refractivity contribution is -0.159. The van der Waals surface area contributed by atoms with E-state index in [1.54, 1.807) is 0 Å². The molecule has 0 saturated heterocycles. The number of hydrogen-bond acceptors (Lipinski definition) is 3. The van der Waals surface area contributed by atoms with Crippen LogP contribution in [-0.4, -0.2) is 23.3 Å². The lowest BCUT2D eigenvalue weighted by Gasteiger charge is -2.49. The quantitative estimate of drug-likeness (QED) is 0.796. The standard InChI is InChI=1S/C20H32O3/c1-7-12(2)19(22)23-16-10-8-9-14-11-15(21)13(3)18(17(14)16)20(4,5)6/h8-9,11-13,15-18,21H,7,10H2,1-6H3. The molecule has 0 spiro atoms. The second-order valence-electron chi connectivity index (χ2n) is 8.36. The van der Waals surface area contributed by atoms with Crippen LogP contribution >= 0.6 is 0 Å². The third-order valence-corrected chi connectivity index (χ3v) is 5.60. The molecule has 0 radical (unpaired) electrons. The van der Waals surface area contributed by atoms with Gasteiger partial charge in [0.1, 0.15) is 6.10 Å². The van der Waals surface area contributed by atoms with Gasteiger partial charge in [-0.1, -0.05) is 59.8 Å². The Labute approximate surface area is 140 Å². The van der Waals surface area contributed by atoms with Crippen LogP contribution in [0.25, 0.3) is 0 Å². The minimum Gasteiger partial charge on any atom is -0.461 e. The smallest absolute Gasteiger partial charge is 0.308 e. The van der Waals surface area contributed by atoms with Gasteiger partial charge >= 0.3 is 5.97 Å². The van der Waals surface area contributed by atoms with Crippen molar-refractivity contribution in [2.24, 2.45) is 29.1 Å². The third kappa shape index (κ3) is 3.71. The molecule has 3 heteroatoms. The topological polar surface area (TPSA) is 46.5 Å². The van der Waals surface area contributed by atoms with Gasteiger partial charge in [0.05, 0.1) is 12.0 Å². The molecule has 0 aromatic carbocycles. The molecule has 0 bridgehead atoms. The second-order valence-corrected chi connectivity index (χ2v) is 8.36. The maximum atomic E-state index is 12.3. The number of aliphatic hydroxyl groups is 1. The molecular formula is C20H32O3. The molecular weight excluding hydrogens is 288 g/mol. The summed E-state index contributed by atoms with van der Waals surface area (Å²) >= 11 is 0. The van der Waals surface area contributed by atoms with Gasteiger partial charge in [0.15, 0.2) is 0 Å². The van der Waals surface area contributed by atoms with Crippen LogP contribution in [0.2, 0.25) is 0 Å². The fraction of sp³-hybridized carbons (Fsp3) is 0.750. The maximum Gasteiger partial charge on any atom is 0.308 e. The fourth-order valence-electron chi connectivity index (χ4n) is 4.19. The van der Waals surface area contributed by atoms with Crippen LogP contribution in [0.5, 0.6) is 0 Å². The first-order chi connectivity index (χ1) is 10.7. The summed E-state index contributed by atoms with van der Waals surface area (Å²) in [4.78, 5) is 12.3. The van der Waals surface area contributed by atoms with Crippen molar-refractivity contribution in [3.05, 3.63) is 23.8 Å². The first-order valence-corrected chi connectivity index (χ1v) is 8.93. The van der Waals surface area contributed by atoms with Gasteiger partial charge in [-0.15, -0.1) is 0 Å². The number of hydrogen-bond donors (Lipinski definition) is 1. The highest BCUT2D eigenvalue weighted by molar-refractivity contribution is 5.72. The molecule has 0 amide bonds. The van der Waals surface area contributed by atoms with E-state index in [1.165, 1.54) is 0 Å². The van der Waals surface area contributed by atoms with E-state index < -0.39 is 6.10 Å². The summed E-state index contributed by atoms with van der Waals surface area (Å²) in [5.41, 5.74) is 1.17. The van der Waals surface area contributed by atoms with Crippen LogP contribution in [0.15, 0.2) is 23.8 Å². The van der Waals surface area contributed by atoms with E-state index in [1.807, 2.05) is 19.9 Å². The van der Waals surface area contributed by atoms with Crippen molar-refractivity contribution in [2.75, 3.05) is 0 Å². The third-order valence-electron chi connectivity index (χ3n) is 5.60. The minimum absolute atomic E-state index is 0.0385. The normalized spacial score (nSPS) is 35.3. The van der Waals surface area contributed by atoms with Crippen LogP contribution in [0.4, 0.5) is 0 Å². The molecule has 0 fully saturated rings. The number of allylic oxidation sites excluding steroid dienone is 1. The zero-order valence-corrected chi connectivity index (χ0v) is 15.4. The Bertz CT molecular complexity index is 498. The predicted molar refractivity (Wildman–Crippen MR) is 92.8 cm³/mol. The number of carbonyl (C=O) groups excluding carboxylic acids is 1. The van der Waals surface area contributed by atoms with E-state index in [4.69, 9.17) is 4.74 Å². The molecule has 2 rings (SSSR count). The van der Waals surface area contributed by atoms with Gasteiger partial charge in [-0.25, -0.2) is 0 Å². The summed E-state index contributed by atoms with van der Waals surface area (Å²) in [7, 11) is 0. The van der Waals surface area contributed by atoms with Gasteiger partial charge in [-0.2, -0.15) is 0 Å². The summed E-state index contributed by atoms with van der Waals surface area (Å²) < 4.78 is 5.91. The largest absolute Gasteiger partial charge is 0.461 e. The van der Waals surface area contributed by atoms with Crippen molar-refractivity contribution >= 4 is 5.97 Å². The van der Waals surface area contributed by atoms with Gasteiger partial charge in [-0.3, -0.25) is 4.79 Å². The van der Waals surface area contributed by atoms with E-state index in [9.17, 15) is 9.90 Å². The molecule has 6 atom stereocenters. The molecule has 0 aromatic heterocycles. The number of fused-ring (bicyclic) bond motifs is 1. The van der Waals surface area contributed by atoms with E-state index in [2.05, 4.69) is 39.8 Å². The summed E-state index contributed by atoms with van der Waals surface area (Å²) in [6.45, 7) is 12.7. The molecule has 130 valence electrons. The van der Waals surface area contributed by atoms with Crippen LogP contribution in [-0.2, 0) is 9.53 Å². The Balaban J connectivity index is 2.34. The Kier molecular flexibility index (Phi) is 5.40. The molecule has 3 nitrogen and oxygen atoms in total. The van der Waals surface area contributed by atoms with E-state index in [-0.39, 0.29) is 41.2 Å². The van der Waals surface area contributed by atoms with Crippen molar-refractivity contribution in [3.63, 3.8) is 0 Å². The first kappa shape index (κ1) is 18.3. The predicted octanol–water partition coefficient (Wildman–Crippen LogP) is 4.12. The average molecular weight is 320 g/mol.